The van der Waals surface area contributed by atoms with Gasteiger partial charge in [0.25, 0.3) is 0 Å². The van der Waals surface area contributed by atoms with Gasteiger partial charge in [-0.1, -0.05) is 36.2 Å². The first-order valence-corrected chi connectivity index (χ1v) is 6.03. The minimum absolute atomic E-state index is 0.165. The van der Waals surface area contributed by atoms with Crippen LogP contribution in [0.25, 0.3) is 0 Å². The molecule has 16 heavy (non-hydrogen) atoms. The summed E-state index contributed by atoms with van der Waals surface area (Å²) in [6.07, 6.45) is 2.57. The Morgan fingerprint density at radius 3 is 2.75 bits per heavy atom. The summed E-state index contributed by atoms with van der Waals surface area (Å²) in [6.45, 7) is 0. The first-order valence-electron chi connectivity index (χ1n) is 5.65. The maximum atomic E-state index is 11.7. The molecule has 0 saturated heterocycles. The number of benzene rings is 1. The molecule has 1 aromatic carbocycles. The van der Waals surface area contributed by atoms with Crippen LogP contribution in [0, 0.1) is 5.92 Å². The monoisotopic (exact) mass is 238 g/mol. The van der Waals surface area contributed by atoms with Crippen molar-refractivity contribution in [2.45, 2.75) is 31.8 Å². The van der Waals surface area contributed by atoms with E-state index in [1.807, 2.05) is 12.1 Å². The molecule has 0 amide bonds. The molecule has 0 radical (unpaired) electrons. The Morgan fingerprint density at radius 2 is 2.06 bits per heavy atom. The second-order valence-electron chi connectivity index (χ2n) is 4.28. The molecule has 0 heterocycles. The molecule has 1 saturated carbocycles. The van der Waals surface area contributed by atoms with E-state index in [0.29, 0.717) is 17.0 Å². The van der Waals surface area contributed by atoms with E-state index in [1.165, 1.54) is 0 Å². The van der Waals surface area contributed by atoms with E-state index >= 15 is 0 Å². The van der Waals surface area contributed by atoms with Gasteiger partial charge < -0.3 is 5.11 Å². The Labute approximate surface area is 100 Å². The Hall–Kier alpha value is -0.860. The third kappa shape index (κ3) is 2.28. The molecule has 0 aromatic heterocycles. The van der Waals surface area contributed by atoms with Crippen LogP contribution in [0.4, 0.5) is 0 Å². The van der Waals surface area contributed by atoms with Gasteiger partial charge in [-0.25, -0.2) is 0 Å². The average Bonchev–Trinajstić information content (AvgIpc) is 2.29. The summed E-state index contributed by atoms with van der Waals surface area (Å²) in [5, 5.41) is 10.7. The minimum atomic E-state index is -0.749. The molecule has 2 unspecified atom stereocenters. The molecule has 1 aliphatic rings. The zero-order valence-electron chi connectivity index (χ0n) is 9.03. The predicted molar refractivity (Wildman–Crippen MR) is 63.4 cm³/mol. The lowest BCUT2D eigenvalue weighted by molar-refractivity contribution is -0.128. The molecule has 2 atom stereocenters. The van der Waals surface area contributed by atoms with Crippen LogP contribution in [-0.2, 0) is 4.79 Å². The summed E-state index contributed by atoms with van der Waals surface area (Å²) in [6, 6.07) is 7.18. The smallest absolute Gasteiger partial charge is 0.138 e. The molecule has 0 spiro atoms. The average molecular weight is 239 g/mol. The first-order chi connectivity index (χ1) is 7.70. The lowest BCUT2D eigenvalue weighted by atomic mass is 9.82. The number of aliphatic hydroxyl groups excluding tert-OH is 1. The minimum Gasteiger partial charge on any atom is -0.388 e. The second kappa shape index (κ2) is 4.98. The van der Waals surface area contributed by atoms with Crippen LogP contribution in [0.15, 0.2) is 24.3 Å². The Kier molecular flexibility index (Phi) is 3.62. The standard InChI is InChI=1S/C13H15ClO2/c14-11-7-3-1-5-9(11)13(16)10-6-2-4-8-12(10)15/h1,3,5,7,10,13,16H,2,4,6,8H2. The third-order valence-electron chi connectivity index (χ3n) is 3.21. The van der Waals surface area contributed by atoms with E-state index in [1.54, 1.807) is 12.1 Å². The van der Waals surface area contributed by atoms with Crippen molar-refractivity contribution in [2.75, 3.05) is 0 Å². The molecular weight excluding hydrogens is 224 g/mol. The highest BCUT2D eigenvalue weighted by Crippen LogP contribution is 2.34. The Morgan fingerprint density at radius 1 is 1.31 bits per heavy atom. The van der Waals surface area contributed by atoms with Crippen molar-refractivity contribution in [3.8, 4) is 0 Å². The third-order valence-corrected chi connectivity index (χ3v) is 3.55. The normalized spacial score (nSPS) is 23.1. The van der Waals surface area contributed by atoms with Gasteiger partial charge in [0.15, 0.2) is 0 Å². The zero-order chi connectivity index (χ0) is 11.5. The summed E-state index contributed by atoms with van der Waals surface area (Å²) in [5.41, 5.74) is 0.671. The van der Waals surface area contributed by atoms with Crippen molar-refractivity contribution in [3.05, 3.63) is 34.9 Å². The van der Waals surface area contributed by atoms with Gasteiger partial charge in [-0.2, -0.15) is 0 Å². The molecule has 3 heteroatoms. The first kappa shape index (κ1) is 11.6. The van der Waals surface area contributed by atoms with Gasteiger partial charge in [0, 0.05) is 17.4 Å². The van der Waals surface area contributed by atoms with Crippen LogP contribution < -0.4 is 0 Å². The van der Waals surface area contributed by atoms with Gasteiger partial charge in [-0.3, -0.25) is 4.79 Å². The topological polar surface area (TPSA) is 37.3 Å². The van der Waals surface area contributed by atoms with Gasteiger partial charge in [0.1, 0.15) is 5.78 Å². The lowest BCUT2D eigenvalue weighted by Gasteiger charge is -2.26. The molecule has 0 aliphatic heterocycles. The molecule has 1 aliphatic carbocycles. The summed E-state index contributed by atoms with van der Waals surface area (Å²) in [4.78, 5) is 11.7. The number of Topliss-reactive ketones (excluding diaryl/α,β-unsaturated/α-hetero) is 1. The van der Waals surface area contributed by atoms with Crippen LogP contribution in [-0.4, -0.2) is 10.9 Å². The van der Waals surface area contributed by atoms with Crippen LogP contribution in [0.2, 0.25) is 5.02 Å². The molecule has 1 N–H and O–H groups in total. The number of hydrogen-bond donors (Lipinski definition) is 1. The van der Waals surface area contributed by atoms with E-state index in [9.17, 15) is 9.90 Å². The van der Waals surface area contributed by atoms with E-state index in [-0.39, 0.29) is 11.7 Å². The van der Waals surface area contributed by atoms with Crippen LogP contribution in [0.5, 0.6) is 0 Å². The van der Waals surface area contributed by atoms with E-state index < -0.39 is 6.10 Å². The van der Waals surface area contributed by atoms with Crippen LogP contribution in [0.1, 0.15) is 37.4 Å². The van der Waals surface area contributed by atoms with E-state index in [0.717, 1.165) is 19.3 Å². The van der Waals surface area contributed by atoms with E-state index in [2.05, 4.69) is 0 Å². The largest absolute Gasteiger partial charge is 0.388 e. The molecule has 0 bridgehead atoms. The highest BCUT2D eigenvalue weighted by atomic mass is 35.5. The number of carbonyl (C=O) groups is 1. The molecular formula is C13H15ClO2. The predicted octanol–water partition coefficient (Wildman–Crippen LogP) is 3.13. The number of rotatable bonds is 2. The van der Waals surface area contributed by atoms with Gasteiger partial charge in [0.2, 0.25) is 0 Å². The summed E-state index contributed by atoms with van der Waals surface area (Å²) >= 11 is 6.01. The maximum absolute atomic E-state index is 11.7. The number of aliphatic hydroxyl groups is 1. The van der Waals surface area contributed by atoms with Crippen molar-refractivity contribution in [1.82, 2.24) is 0 Å². The summed E-state index contributed by atoms with van der Waals surface area (Å²) < 4.78 is 0. The fourth-order valence-corrected chi connectivity index (χ4v) is 2.52. The zero-order valence-corrected chi connectivity index (χ0v) is 9.78. The Bertz CT molecular complexity index is 389. The highest BCUT2D eigenvalue weighted by Gasteiger charge is 2.30. The fraction of sp³-hybridized carbons (Fsp3) is 0.462. The van der Waals surface area contributed by atoms with Crippen molar-refractivity contribution < 1.29 is 9.90 Å². The van der Waals surface area contributed by atoms with Crippen molar-refractivity contribution >= 4 is 17.4 Å². The number of halogens is 1. The highest BCUT2D eigenvalue weighted by molar-refractivity contribution is 6.31. The molecule has 86 valence electrons. The van der Waals surface area contributed by atoms with Gasteiger partial charge >= 0.3 is 0 Å². The number of carbonyl (C=O) groups excluding carboxylic acids is 1. The van der Waals surface area contributed by atoms with Crippen molar-refractivity contribution in [2.24, 2.45) is 5.92 Å². The maximum Gasteiger partial charge on any atom is 0.138 e. The van der Waals surface area contributed by atoms with Crippen molar-refractivity contribution in [3.63, 3.8) is 0 Å². The Balaban J connectivity index is 2.21. The van der Waals surface area contributed by atoms with Crippen molar-refractivity contribution in [1.29, 1.82) is 0 Å². The summed E-state index contributed by atoms with van der Waals surface area (Å²) in [5.74, 6) is -0.104. The molecule has 1 aromatic rings. The summed E-state index contributed by atoms with van der Waals surface area (Å²) in [7, 11) is 0. The quantitative estimate of drug-likeness (QED) is 0.860. The fourth-order valence-electron chi connectivity index (χ4n) is 2.28. The van der Waals surface area contributed by atoms with Crippen LogP contribution >= 0.6 is 11.6 Å². The SMILES string of the molecule is O=C1CCCCC1C(O)c1ccccc1Cl. The molecule has 2 rings (SSSR count). The van der Waals surface area contributed by atoms with Gasteiger partial charge in [-0.05, 0) is 24.5 Å². The van der Waals surface area contributed by atoms with E-state index in [4.69, 9.17) is 11.6 Å². The van der Waals surface area contributed by atoms with Crippen LogP contribution in [0.3, 0.4) is 0 Å². The van der Waals surface area contributed by atoms with Gasteiger partial charge in [0.05, 0.1) is 6.10 Å². The lowest BCUT2D eigenvalue weighted by Crippen LogP contribution is -2.25. The number of hydrogen-bond acceptors (Lipinski definition) is 2. The second-order valence-corrected chi connectivity index (χ2v) is 4.69. The number of ketones is 1. The molecule has 2 nitrogen and oxygen atoms in total. The van der Waals surface area contributed by atoms with Gasteiger partial charge in [-0.15, -0.1) is 0 Å². The molecule has 1 fully saturated rings.